The first-order valence-electron chi connectivity index (χ1n) is 14.2. The SMILES string of the molecule is CCCCCCCCCC(=O)N(CC(=O)N1CCc2sccc2C1c1ccc(Cl)cc1Cl)CC1CCCO1. The molecule has 1 aromatic carbocycles. The largest absolute Gasteiger partial charge is 0.376 e. The number of ether oxygens (including phenoxy) is 1. The molecule has 0 spiro atoms. The van der Waals surface area contributed by atoms with Crippen molar-refractivity contribution in [2.45, 2.75) is 89.7 Å². The molecule has 38 heavy (non-hydrogen) atoms. The normalized spacial score (nSPS) is 19.0. The van der Waals surface area contributed by atoms with Gasteiger partial charge in [-0.3, -0.25) is 9.59 Å². The zero-order chi connectivity index (χ0) is 26.9. The Hall–Kier alpha value is -1.60. The van der Waals surface area contributed by atoms with Crippen molar-refractivity contribution >= 4 is 46.4 Å². The van der Waals surface area contributed by atoms with Gasteiger partial charge in [0.25, 0.3) is 0 Å². The van der Waals surface area contributed by atoms with Crippen LogP contribution < -0.4 is 0 Å². The molecule has 2 aliphatic heterocycles. The molecule has 2 amide bonds. The molecule has 0 saturated carbocycles. The van der Waals surface area contributed by atoms with Gasteiger partial charge in [0.2, 0.25) is 11.8 Å². The summed E-state index contributed by atoms with van der Waals surface area (Å²) in [6.45, 7) is 4.08. The van der Waals surface area contributed by atoms with Crippen LogP contribution in [0.3, 0.4) is 0 Å². The number of thiophene rings is 1. The average Bonchev–Trinajstić information content (AvgIpc) is 3.59. The Balaban J connectivity index is 1.46. The molecule has 8 heteroatoms. The van der Waals surface area contributed by atoms with Crippen molar-refractivity contribution in [2.24, 2.45) is 0 Å². The molecule has 2 atom stereocenters. The van der Waals surface area contributed by atoms with Gasteiger partial charge in [-0.25, -0.2) is 0 Å². The number of halogens is 2. The van der Waals surface area contributed by atoms with E-state index in [-0.39, 0.29) is 30.5 Å². The molecule has 4 rings (SSSR count). The van der Waals surface area contributed by atoms with Crippen molar-refractivity contribution < 1.29 is 14.3 Å². The molecule has 2 aliphatic rings. The lowest BCUT2D eigenvalue weighted by atomic mass is 9.93. The van der Waals surface area contributed by atoms with Gasteiger partial charge in [0.1, 0.15) is 0 Å². The highest BCUT2D eigenvalue weighted by Crippen LogP contribution is 2.41. The molecule has 208 valence electrons. The van der Waals surface area contributed by atoms with Gasteiger partial charge < -0.3 is 14.5 Å². The number of hydrogen-bond donors (Lipinski definition) is 0. The van der Waals surface area contributed by atoms with E-state index in [1.807, 2.05) is 17.0 Å². The lowest BCUT2D eigenvalue weighted by molar-refractivity contribution is -0.143. The summed E-state index contributed by atoms with van der Waals surface area (Å²) in [5.74, 6) is 0.000458. The van der Waals surface area contributed by atoms with E-state index in [0.29, 0.717) is 29.6 Å². The van der Waals surface area contributed by atoms with Crippen LogP contribution in [0.15, 0.2) is 29.6 Å². The monoisotopic (exact) mass is 578 g/mol. The van der Waals surface area contributed by atoms with Gasteiger partial charge in [0.05, 0.1) is 18.7 Å². The highest BCUT2D eigenvalue weighted by atomic mass is 35.5. The molecule has 1 saturated heterocycles. The third-order valence-electron chi connectivity index (χ3n) is 7.66. The Bertz CT molecular complexity index is 1070. The Morgan fingerprint density at radius 3 is 2.61 bits per heavy atom. The molecule has 2 aromatic rings. The topological polar surface area (TPSA) is 49.9 Å². The Labute approximate surface area is 241 Å². The number of hydrogen-bond acceptors (Lipinski definition) is 4. The second kappa shape index (κ2) is 14.7. The molecule has 5 nitrogen and oxygen atoms in total. The molecule has 3 heterocycles. The minimum absolute atomic E-state index is 0.00660. The van der Waals surface area contributed by atoms with E-state index < -0.39 is 0 Å². The van der Waals surface area contributed by atoms with Gasteiger partial charge in [-0.1, -0.05) is 74.7 Å². The molecule has 0 radical (unpaired) electrons. The number of carbonyl (C=O) groups excluding carboxylic acids is 2. The smallest absolute Gasteiger partial charge is 0.242 e. The maximum Gasteiger partial charge on any atom is 0.242 e. The molecule has 2 unspecified atom stereocenters. The van der Waals surface area contributed by atoms with Crippen molar-refractivity contribution in [1.82, 2.24) is 9.80 Å². The van der Waals surface area contributed by atoms with E-state index in [4.69, 9.17) is 27.9 Å². The summed E-state index contributed by atoms with van der Waals surface area (Å²) in [6.07, 6.45) is 11.3. The minimum Gasteiger partial charge on any atom is -0.376 e. The van der Waals surface area contributed by atoms with Gasteiger partial charge in [-0.2, -0.15) is 0 Å². The fraction of sp³-hybridized carbons (Fsp3) is 0.600. The maximum absolute atomic E-state index is 13.9. The summed E-state index contributed by atoms with van der Waals surface area (Å²) in [6, 6.07) is 7.27. The minimum atomic E-state index is -0.287. The fourth-order valence-corrected chi connectivity index (χ4v) is 6.99. The van der Waals surface area contributed by atoms with E-state index in [9.17, 15) is 9.59 Å². The van der Waals surface area contributed by atoms with Gasteiger partial charge in [-0.15, -0.1) is 11.3 Å². The fourth-order valence-electron chi connectivity index (χ4n) is 5.58. The summed E-state index contributed by atoms with van der Waals surface area (Å²) in [5, 5.41) is 3.19. The van der Waals surface area contributed by atoms with Crippen molar-refractivity contribution in [3.63, 3.8) is 0 Å². The quantitative estimate of drug-likeness (QED) is 0.229. The lowest BCUT2D eigenvalue weighted by Crippen LogP contribution is -2.48. The number of fused-ring (bicyclic) bond motifs is 1. The molecule has 1 aromatic heterocycles. The van der Waals surface area contributed by atoms with Crippen LogP contribution in [0.5, 0.6) is 0 Å². The van der Waals surface area contributed by atoms with Gasteiger partial charge in [-0.05, 0) is 60.4 Å². The second-order valence-corrected chi connectivity index (χ2v) is 12.3. The maximum atomic E-state index is 13.9. The molecule has 0 bridgehead atoms. The Morgan fingerprint density at radius 1 is 1.08 bits per heavy atom. The van der Waals surface area contributed by atoms with Crippen LogP contribution in [0.4, 0.5) is 0 Å². The van der Waals surface area contributed by atoms with E-state index in [1.54, 1.807) is 22.3 Å². The summed E-state index contributed by atoms with van der Waals surface area (Å²) in [4.78, 5) is 32.2. The number of nitrogens with zero attached hydrogens (tertiary/aromatic N) is 2. The summed E-state index contributed by atoms with van der Waals surface area (Å²) < 4.78 is 5.85. The van der Waals surface area contributed by atoms with E-state index in [0.717, 1.165) is 56.3 Å². The van der Waals surface area contributed by atoms with Crippen molar-refractivity contribution in [3.05, 3.63) is 55.7 Å². The third kappa shape index (κ3) is 7.74. The first-order valence-corrected chi connectivity index (χ1v) is 15.8. The van der Waals surface area contributed by atoms with Crippen LogP contribution >= 0.6 is 34.5 Å². The van der Waals surface area contributed by atoms with E-state index >= 15 is 0 Å². The van der Waals surface area contributed by atoms with E-state index in [2.05, 4.69) is 18.4 Å². The van der Waals surface area contributed by atoms with Crippen molar-refractivity contribution in [2.75, 3.05) is 26.2 Å². The lowest BCUT2D eigenvalue weighted by Gasteiger charge is -2.38. The number of rotatable bonds is 13. The van der Waals surface area contributed by atoms with Crippen LogP contribution in [0.25, 0.3) is 0 Å². The molecular weight excluding hydrogens is 539 g/mol. The second-order valence-electron chi connectivity index (χ2n) is 10.5. The zero-order valence-corrected chi connectivity index (χ0v) is 24.8. The number of carbonyl (C=O) groups is 2. The zero-order valence-electron chi connectivity index (χ0n) is 22.4. The summed E-state index contributed by atoms with van der Waals surface area (Å²) >= 11 is 14.5. The standard InChI is InChI=1S/C30H40Cl2N2O3S/c1-2-3-4-5-6-7-8-11-28(35)33(20-23-10-9-17-37-23)21-29(36)34-16-14-27-25(15-18-38-27)30(34)24-13-12-22(31)19-26(24)32/h12-13,15,18-19,23,30H,2-11,14,16-17,20-21H2,1H3. The van der Waals surface area contributed by atoms with Crippen LogP contribution in [0.1, 0.15) is 93.2 Å². The highest BCUT2D eigenvalue weighted by molar-refractivity contribution is 7.10. The first kappa shape index (κ1) is 29.4. The average molecular weight is 580 g/mol. The van der Waals surface area contributed by atoms with Crippen LogP contribution in [0, 0.1) is 0 Å². The predicted octanol–water partition coefficient (Wildman–Crippen LogP) is 7.68. The third-order valence-corrected chi connectivity index (χ3v) is 9.22. The van der Waals surface area contributed by atoms with E-state index in [1.165, 1.54) is 30.6 Å². The van der Waals surface area contributed by atoms with Gasteiger partial charge in [0, 0.05) is 41.0 Å². The molecule has 0 aliphatic carbocycles. The summed E-state index contributed by atoms with van der Waals surface area (Å²) in [5.41, 5.74) is 1.97. The number of amides is 2. The van der Waals surface area contributed by atoms with Crippen molar-refractivity contribution in [1.29, 1.82) is 0 Å². The molecule has 0 N–H and O–H groups in total. The molecule has 1 fully saturated rings. The number of benzene rings is 1. The van der Waals surface area contributed by atoms with Gasteiger partial charge >= 0.3 is 0 Å². The van der Waals surface area contributed by atoms with Crippen LogP contribution in [-0.2, 0) is 20.7 Å². The highest BCUT2D eigenvalue weighted by Gasteiger charge is 2.35. The van der Waals surface area contributed by atoms with Crippen LogP contribution in [0.2, 0.25) is 10.0 Å². The van der Waals surface area contributed by atoms with Crippen molar-refractivity contribution in [3.8, 4) is 0 Å². The van der Waals surface area contributed by atoms with Gasteiger partial charge in [0.15, 0.2) is 0 Å². The summed E-state index contributed by atoms with van der Waals surface area (Å²) in [7, 11) is 0. The Kier molecular flexibility index (Phi) is 11.4. The predicted molar refractivity (Wildman–Crippen MR) is 156 cm³/mol. The van der Waals surface area contributed by atoms with Crippen LogP contribution in [-0.4, -0.2) is 54.0 Å². The Morgan fingerprint density at radius 2 is 1.87 bits per heavy atom. The molecular formula is C30H40Cl2N2O3S. The first-order chi connectivity index (χ1) is 18.5. The number of unbranched alkanes of at least 4 members (excludes halogenated alkanes) is 6.